The molecule has 0 aliphatic rings. The Morgan fingerprint density at radius 2 is 1.76 bits per heavy atom. The number of hydrogen-bond donors (Lipinski definition) is 3. The summed E-state index contributed by atoms with van der Waals surface area (Å²) in [6.45, 7) is 6.08. The molecule has 2 heterocycles. The van der Waals surface area contributed by atoms with E-state index >= 15 is 0 Å². The van der Waals surface area contributed by atoms with Crippen molar-refractivity contribution in [3.8, 4) is 0 Å². The molecule has 2 aromatic heterocycles. The van der Waals surface area contributed by atoms with Crippen LogP contribution in [-0.4, -0.2) is 43.2 Å². The van der Waals surface area contributed by atoms with E-state index in [4.69, 9.17) is 0 Å². The highest BCUT2D eigenvalue weighted by molar-refractivity contribution is 8.29. The highest BCUT2D eigenvalue weighted by Crippen LogP contribution is 2.24. The Morgan fingerprint density at radius 3 is 2.32 bits per heavy atom. The first-order valence-corrected chi connectivity index (χ1v) is 10.2. The number of nitrogens with zero attached hydrogens (tertiary/aromatic N) is 3. The summed E-state index contributed by atoms with van der Waals surface area (Å²) in [5, 5.41) is 6.16. The Labute approximate surface area is 151 Å². The highest BCUT2D eigenvalue weighted by atomic mass is 32.2. The van der Waals surface area contributed by atoms with E-state index in [1.165, 1.54) is 0 Å². The van der Waals surface area contributed by atoms with Crippen molar-refractivity contribution in [2.75, 3.05) is 23.1 Å². The van der Waals surface area contributed by atoms with Crippen LogP contribution >= 0.6 is 10.9 Å². The molecule has 0 aliphatic heterocycles. The maximum absolute atomic E-state index is 12.5. The number of imidazole rings is 1. The average molecular weight is 366 g/mol. The van der Waals surface area contributed by atoms with Crippen molar-refractivity contribution in [3.05, 3.63) is 30.0 Å². The van der Waals surface area contributed by atoms with E-state index in [1.807, 2.05) is 33.3 Å². The molecule has 0 fully saturated rings. The van der Waals surface area contributed by atoms with Gasteiger partial charge < -0.3 is 19.8 Å². The van der Waals surface area contributed by atoms with Crippen molar-refractivity contribution >= 4 is 33.4 Å². The second-order valence-electron chi connectivity index (χ2n) is 7.31. The Morgan fingerprint density at radius 1 is 1.12 bits per heavy atom. The zero-order valence-corrected chi connectivity index (χ0v) is 16.7. The van der Waals surface area contributed by atoms with E-state index < -0.39 is 10.9 Å². The predicted molar refractivity (Wildman–Crippen MR) is 105 cm³/mol. The minimum atomic E-state index is -0.717. The zero-order valence-electron chi connectivity index (χ0n) is 15.8. The number of rotatable bonds is 4. The molecule has 0 spiro atoms. The lowest BCUT2D eigenvalue weighted by Gasteiger charge is -2.19. The highest BCUT2D eigenvalue weighted by Gasteiger charge is 2.19. The summed E-state index contributed by atoms with van der Waals surface area (Å²) in [4.78, 5) is 29.1. The number of nitrogens with one attached hydrogen (secondary N) is 2. The van der Waals surface area contributed by atoms with Crippen molar-refractivity contribution in [2.45, 2.75) is 26.3 Å². The van der Waals surface area contributed by atoms with Crippen LogP contribution in [-0.2, 0) is 14.1 Å². The van der Waals surface area contributed by atoms with Gasteiger partial charge in [0.25, 0.3) is 5.91 Å². The molecule has 8 heteroatoms. The molecule has 0 saturated carbocycles. The number of carbonyl (C=O) groups excluding carboxylic acids is 2. The van der Waals surface area contributed by atoms with Gasteiger partial charge in [-0.05, 0) is 39.3 Å². The van der Waals surface area contributed by atoms with Gasteiger partial charge >= 0.3 is 0 Å². The van der Waals surface area contributed by atoms with E-state index in [-0.39, 0.29) is 16.6 Å². The molecule has 0 unspecified atom stereocenters. The van der Waals surface area contributed by atoms with Crippen molar-refractivity contribution in [3.63, 3.8) is 0 Å². The normalized spacial score (nSPS) is 12.0. The van der Waals surface area contributed by atoms with Gasteiger partial charge in [-0.2, -0.15) is 10.9 Å². The fraction of sp³-hybridized carbons (Fsp3) is 0.471. The smallest absolute Gasteiger partial charge is 0.291 e. The van der Waals surface area contributed by atoms with Crippen molar-refractivity contribution < 1.29 is 9.59 Å². The molecule has 25 heavy (non-hydrogen) atoms. The van der Waals surface area contributed by atoms with Crippen LogP contribution in [0.5, 0.6) is 0 Å². The van der Waals surface area contributed by atoms with Crippen LogP contribution in [0.4, 0.5) is 11.5 Å². The number of carbonyl (C=O) groups is 2. The molecule has 1 amide bonds. The third kappa shape index (κ3) is 4.66. The molecule has 2 rings (SSSR count). The molecule has 2 aromatic rings. The fourth-order valence-electron chi connectivity index (χ4n) is 2.38. The van der Waals surface area contributed by atoms with E-state index in [0.717, 1.165) is 0 Å². The monoisotopic (exact) mass is 365 g/mol. The topological polar surface area (TPSA) is 81.0 Å². The maximum Gasteiger partial charge on any atom is 0.291 e. The summed E-state index contributed by atoms with van der Waals surface area (Å²) in [5.74, 6) is 0.632. The number of anilines is 2. The van der Waals surface area contributed by atoms with Crippen molar-refractivity contribution in [1.82, 2.24) is 14.1 Å². The lowest BCUT2D eigenvalue weighted by atomic mass is 10.1. The fourth-order valence-corrected chi connectivity index (χ4v) is 3.06. The van der Waals surface area contributed by atoms with Crippen LogP contribution in [0.2, 0.25) is 0 Å². The van der Waals surface area contributed by atoms with E-state index in [9.17, 15) is 9.59 Å². The first-order chi connectivity index (χ1) is 11.5. The summed E-state index contributed by atoms with van der Waals surface area (Å²) in [6.07, 6.45) is 7.35. The van der Waals surface area contributed by atoms with Crippen molar-refractivity contribution in [1.29, 1.82) is 0 Å². The summed E-state index contributed by atoms with van der Waals surface area (Å²) in [5.41, 5.74) is 1.04. The standard InChI is InChI=1S/C17H27N5O2S/c1-17(2,3)20-13-10-22(5)14(19-13)15(23)18-11-8-12(21(4)9-11)16(24)25(6)7/h8-10,20,25H,1-7H3,(H,18,23). The van der Waals surface area contributed by atoms with E-state index in [1.54, 1.807) is 41.7 Å². The third-order valence-electron chi connectivity index (χ3n) is 3.47. The number of aromatic nitrogens is 3. The molecule has 138 valence electrons. The lowest BCUT2D eigenvalue weighted by Crippen LogP contribution is -2.26. The molecular weight excluding hydrogens is 338 g/mol. The Bertz CT molecular complexity index is 799. The minimum Gasteiger partial charge on any atom is -0.364 e. The van der Waals surface area contributed by atoms with Crippen LogP contribution < -0.4 is 10.6 Å². The van der Waals surface area contributed by atoms with E-state index in [2.05, 4.69) is 15.6 Å². The third-order valence-corrected chi connectivity index (χ3v) is 4.51. The molecule has 2 N–H and O–H groups in total. The van der Waals surface area contributed by atoms with Gasteiger partial charge in [-0.15, -0.1) is 0 Å². The van der Waals surface area contributed by atoms with Crippen LogP contribution in [0.15, 0.2) is 18.5 Å². The Kier molecular flexibility index (Phi) is 5.31. The summed E-state index contributed by atoms with van der Waals surface area (Å²) in [6, 6.07) is 1.71. The minimum absolute atomic E-state index is 0.103. The Hall–Kier alpha value is -2.22. The lowest BCUT2D eigenvalue weighted by molar-refractivity contribution is 0.101. The molecule has 0 atom stereocenters. The van der Waals surface area contributed by atoms with Gasteiger partial charge in [0.15, 0.2) is 0 Å². The van der Waals surface area contributed by atoms with E-state index in [0.29, 0.717) is 23.0 Å². The van der Waals surface area contributed by atoms with Gasteiger partial charge in [0.1, 0.15) is 5.82 Å². The molecule has 0 aromatic carbocycles. The molecule has 0 saturated heterocycles. The summed E-state index contributed by atoms with van der Waals surface area (Å²) < 4.78 is 3.42. The largest absolute Gasteiger partial charge is 0.364 e. The van der Waals surface area contributed by atoms with Gasteiger partial charge in [0.05, 0.1) is 11.4 Å². The average Bonchev–Trinajstić information content (AvgIpc) is 2.98. The summed E-state index contributed by atoms with van der Waals surface area (Å²) >= 11 is 0. The van der Waals surface area contributed by atoms with Gasteiger partial charge in [-0.25, -0.2) is 4.98 Å². The van der Waals surface area contributed by atoms with Crippen LogP contribution in [0.25, 0.3) is 0 Å². The molecule has 0 aliphatic carbocycles. The molecule has 0 bridgehead atoms. The van der Waals surface area contributed by atoms with Crippen LogP contribution in [0.3, 0.4) is 0 Å². The molecular formula is C17H27N5O2S. The Balaban J connectivity index is 2.18. The number of aryl methyl sites for hydroxylation is 2. The van der Waals surface area contributed by atoms with Crippen LogP contribution in [0.1, 0.15) is 41.9 Å². The predicted octanol–water partition coefficient (Wildman–Crippen LogP) is 2.62. The second kappa shape index (κ2) is 6.95. The SMILES string of the molecule is Cn1cc(NC(=O)c2nc(NC(C)(C)C)cn2C)cc1C(=O)[SH](C)C. The number of hydrogen-bond acceptors (Lipinski definition) is 4. The quantitative estimate of drug-likeness (QED) is 0.728. The maximum atomic E-state index is 12.5. The van der Waals surface area contributed by atoms with Crippen LogP contribution in [0, 0.1) is 0 Å². The first kappa shape index (κ1) is 19.1. The van der Waals surface area contributed by atoms with Crippen molar-refractivity contribution in [2.24, 2.45) is 14.1 Å². The van der Waals surface area contributed by atoms with Gasteiger partial charge in [-0.1, -0.05) is 0 Å². The molecule has 0 radical (unpaired) electrons. The van der Waals surface area contributed by atoms with Gasteiger partial charge in [0, 0.05) is 32.0 Å². The zero-order chi connectivity index (χ0) is 18.9. The number of amides is 1. The van der Waals surface area contributed by atoms with Gasteiger partial charge in [-0.3, -0.25) is 9.59 Å². The summed E-state index contributed by atoms with van der Waals surface area (Å²) in [7, 11) is 2.86. The van der Waals surface area contributed by atoms with Gasteiger partial charge in [0.2, 0.25) is 10.9 Å². The number of thiol groups is 1. The molecule has 7 nitrogen and oxygen atoms in total. The second-order valence-corrected chi connectivity index (χ2v) is 9.51. The first-order valence-electron chi connectivity index (χ1n) is 7.99.